The van der Waals surface area contributed by atoms with Crippen molar-refractivity contribution in [3.05, 3.63) is 47.9 Å². The van der Waals surface area contributed by atoms with Crippen LogP contribution in [0.5, 0.6) is 0 Å². The molecule has 0 aliphatic heterocycles. The molecule has 3 rings (SSSR count). The van der Waals surface area contributed by atoms with Crippen LogP contribution in [0.15, 0.2) is 41.0 Å². The molecule has 120 valence electrons. The number of hydrogen-bond donors (Lipinski definition) is 1. The van der Waals surface area contributed by atoms with E-state index in [0.717, 1.165) is 36.2 Å². The Bertz CT molecular complexity index is 792. The van der Waals surface area contributed by atoms with Gasteiger partial charge in [0.25, 0.3) is 5.91 Å². The first kappa shape index (κ1) is 15.3. The van der Waals surface area contributed by atoms with Gasteiger partial charge in [-0.2, -0.15) is 0 Å². The summed E-state index contributed by atoms with van der Waals surface area (Å²) in [5, 5.41) is 11.2. The maximum Gasteiger partial charge on any atom is 0.251 e. The van der Waals surface area contributed by atoms with E-state index in [0.29, 0.717) is 5.56 Å². The Labute approximate surface area is 134 Å². The standard InChI is InChI=1S/C17H20N4O2/c1-3-21-16-9-7-13(11-15(16)19-20-21)17(22)18-12(2)6-8-14-5-4-10-23-14/h4-5,7,9-12H,3,6,8H2,1-2H3,(H,18,22). The Balaban J connectivity index is 1.63. The molecule has 0 saturated carbocycles. The predicted octanol–water partition coefficient (Wildman–Crippen LogP) is 2.80. The number of amides is 1. The zero-order chi connectivity index (χ0) is 16.2. The van der Waals surface area contributed by atoms with Crippen molar-refractivity contribution in [1.29, 1.82) is 0 Å². The molecule has 6 nitrogen and oxygen atoms in total. The molecule has 0 spiro atoms. The molecule has 0 fully saturated rings. The van der Waals surface area contributed by atoms with Gasteiger partial charge in [-0.05, 0) is 50.6 Å². The molecule has 0 saturated heterocycles. The number of benzene rings is 1. The van der Waals surface area contributed by atoms with Crippen molar-refractivity contribution in [1.82, 2.24) is 20.3 Å². The zero-order valence-corrected chi connectivity index (χ0v) is 13.3. The summed E-state index contributed by atoms with van der Waals surface area (Å²) in [5.74, 6) is 0.841. The van der Waals surface area contributed by atoms with Crippen LogP contribution in [-0.2, 0) is 13.0 Å². The summed E-state index contributed by atoms with van der Waals surface area (Å²) in [5.41, 5.74) is 2.28. The van der Waals surface area contributed by atoms with Crippen molar-refractivity contribution in [2.75, 3.05) is 0 Å². The molecule has 0 aliphatic rings. The van der Waals surface area contributed by atoms with E-state index >= 15 is 0 Å². The molecule has 1 N–H and O–H groups in total. The molecule has 0 bridgehead atoms. The number of hydrogen-bond acceptors (Lipinski definition) is 4. The third kappa shape index (κ3) is 3.41. The molecule has 23 heavy (non-hydrogen) atoms. The van der Waals surface area contributed by atoms with Crippen LogP contribution in [0.25, 0.3) is 11.0 Å². The number of aryl methyl sites for hydroxylation is 2. The molecule has 2 aromatic heterocycles. The average molecular weight is 312 g/mol. The number of furan rings is 1. The second-order valence-corrected chi connectivity index (χ2v) is 5.60. The summed E-state index contributed by atoms with van der Waals surface area (Å²) in [6, 6.07) is 9.36. The van der Waals surface area contributed by atoms with E-state index in [4.69, 9.17) is 4.42 Å². The minimum Gasteiger partial charge on any atom is -0.469 e. The number of nitrogens with zero attached hydrogens (tertiary/aromatic N) is 3. The monoisotopic (exact) mass is 312 g/mol. The molecule has 1 amide bonds. The summed E-state index contributed by atoms with van der Waals surface area (Å²) in [7, 11) is 0. The molecule has 1 aromatic carbocycles. The van der Waals surface area contributed by atoms with Crippen LogP contribution in [0.3, 0.4) is 0 Å². The molecule has 1 unspecified atom stereocenters. The van der Waals surface area contributed by atoms with Crippen LogP contribution in [0.2, 0.25) is 0 Å². The fourth-order valence-electron chi connectivity index (χ4n) is 2.54. The summed E-state index contributed by atoms with van der Waals surface area (Å²) in [6.45, 7) is 4.76. The van der Waals surface area contributed by atoms with E-state index in [2.05, 4.69) is 15.6 Å². The highest BCUT2D eigenvalue weighted by Gasteiger charge is 2.12. The van der Waals surface area contributed by atoms with E-state index in [1.807, 2.05) is 42.8 Å². The third-order valence-corrected chi connectivity index (χ3v) is 3.86. The minimum absolute atomic E-state index is 0.0645. The van der Waals surface area contributed by atoms with Gasteiger partial charge in [0, 0.05) is 24.6 Å². The summed E-state index contributed by atoms with van der Waals surface area (Å²) >= 11 is 0. The normalized spacial score (nSPS) is 12.4. The van der Waals surface area contributed by atoms with Gasteiger partial charge in [0.1, 0.15) is 11.3 Å². The lowest BCUT2D eigenvalue weighted by Gasteiger charge is -2.13. The molecular weight excluding hydrogens is 292 g/mol. The number of carbonyl (C=O) groups is 1. The number of carbonyl (C=O) groups excluding carboxylic acids is 1. The van der Waals surface area contributed by atoms with Crippen molar-refractivity contribution in [3.63, 3.8) is 0 Å². The number of aromatic nitrogens is 3. The lowest BCUT2D eigenvalue weighted by atomic mass is 10.1. The molecule has 6 heteroatoms. The minimum atomic E-state index is -0.0927. The van der Waals surface area contributed by atoms with Crippen molar-refractivity contribution < 1.29 is 9.21 Å². The van der Waals surface area contributed by atoms with E-state index in [9.17, 15) is 4.79 Å². The van der Waals surface area contributed by atoms with Crippen LogP contribution >= 0.6 is 0 Å². The molecule has 0 radical (unpaired) electrons. The van der Waals surface area contributed by atoms with Crippen molar-refractivity contribution in [2.45, 2.75) is 39.3 Å². The summed E-state index contributed by atoms with van der Waals surface area (Å²) < 4.78 is 7.11. The topological polar surface area (TPSA) is 73.0 Å². The number of rotatable bonds is 6. The van der Waals surface area contributed by atoms with Gasteiger partial charge in [-0.1, -0.05) is 5.21 Å². The van der Waals surface area contributed by atoms with Gasteiger partial charge in [-0.15, -0.1) is 5.10 Å². The lowest BCUT2D eigenvalue weighted by Crippen LogP contribution is -2.32. The van der Waals surface area contributed by atoms with Crippen molar-refractivity contribution in [3.8, 4) is 0 Å². The van der Waals surface area contributed by atoms with Crippen LogP contribution in [-0.4, -0.2) is 26.9 Å². The first-order chi connectivity index (χ1) is 11.2. The van der Waals surface area contributed by atoms with Crippen molar-refractivity contribution in [2.24, 2.45) is 0 Å². The van der Waals surface area contributed by atoms with E-state index in [-0.39, 0.29) is 11.9 Å². The van der Waals surface area contributed by atoms with Gasteiger partial charge < -0.3 is 9.73 Å². The van der Waals surface area contributed by atoms with Crippen LogP contribution in [0.4, 0.5) is 0 Å². The van der Waals surface area contributed by atoms with Gasteiger partial charge in [-0.25, -0.2) is 4.68 Å². The van der Waals surface area contributed by atoms with E-state index in [1.54, 1.807) is 12.3 Å². The van der Waals surface area contributed by atoms with Gasteiger partial charge in [0.05, 0.1) is 11.8 Å². The summed E-state index contributed by atoms with van der Waals surface area (Å²) in [6.07, 6.45) is 3.29. The maximum atomic E-state index is 12.3. The number of nitrogens with one attached hydrogen (secondary N) is 1. The maximum absolute atomic E-state index is 12.3. The molecule has 3 aromatic rings. The smallest absolute Gasteiger partial charge is 0.251 e. The Hall–Kier alpha value is -2.63. The highest BCUT2D eigenvalue weighted by atomic mass is 16.3. The molecule has 2 heterocycles. The van der Waals surface area contributed by atoms with Gasteiger partial charge in [-0.3, -0.25) is 4.79 Å². The van der Waals surface area contributed by atoms with E-state index in [1.165, 1.54) is 0 Å². The van der Waals surface area contributed by atoms with Gasteiger partial charge >= 0.3 is 0 Å². The van der Waals surface area contributed by atoms with Crippen LogP contribution < -0.4 is 5.32 Å². The Kier molecular flexibility index (Phi) is 4.41. The highest BCUT2D eigenvalue weighted by molar-refractivity contribution is 5.97. The second kappa shape index (κ2) is 6.64. The Morgan fingerprint density at radius 3 is 3.00 bits per heavy atom. The zero-order valence-electron chi connectivity index (χ0n) is 13.3. The van der Waals surface area contributed by atoms with Gasteiger partial charge in [0.15, 0.2) is 0 Å². The fourth-order valence-corrected chi connectivity index (χ4v) is 2.54. The first-order valence-electron chi connectivity index (χ1n) is 7.84. The Morgan fingerprint density at radius 1 is 1.39 bits per heavy atom. The lowest BCUT2D eigenvalue weighted by molar-refractivity contribution is 0.0938. The number of fused-ring (bicyclic) bond motifs is 1. The van der Waals surface area contributed by atoms with E-state index < -0.39 is 0 Å². The first-order valence-corrected chi connectivity index (χ1v) is 7.84. The molecule has 1 atom stereocenters. The second-order valence-electron chi connectivity index (χ2n) is 5.60. The quantitative estimate of drug-likeness (QED) is 0.759. The van der Waals surface area contributed by atoms with Crippen molar-refractivity contribution >= 4 is 16.9 Å². The Morgan fingerprint density at radius 2 is 2.26 bits per heavy atom. The largest absolute Gasteiger partial charge is 0.469 e. The fraction of sp³-hybridized carbons (Fsp3) is 0.353. The molecular formula is C17H20N4O2. The van der Waals surface area contributed by atoms with Crippen LogP contribution in [0.1, 0.15) is 36.4 Å². The summed E-state index contributed by atoms with van der Waals surface area (Å²) in [4.78, 5) is 12.3. The highest BCUT2D eigenvalue weighted by Crippen LogP contribution is 2.14. The SMILES string of the molecule is CCn1nnc2cc(C(=O)NC(C)CCc3ccco3)ccc21. The average Bonchev–Trinajstić information content (AvgIpc) is 3.21. The predicted molar refractivity (Wildman–Crippen MR) is 87.2 cm³/mol. The third-order valence-electron chi connectivity index (χ3n) is 3.86. The molecule has 0 aliphatic carbocycles. The van der Waals surface area contributed by atoms with Gasteiger partial charge in [0.2, 0.25) is 0 Å². The van der Waals surface area contributed by atoms with Crippen LogP contribution in [0, 0.1) is 0 Å².